The first-order chi connectivity index (χ1) is 7.07. The number of hydrogen-bond donors (Lipinski definition) is 0. The Morgan fingerprint density at radius 3 is 2.40 bits per heavy atom. The van der Waals surface area contributed by atoms with Crippen molar-refractivity contribution in [1.29, 1.82) is 5.26 Å². The first-order valence-electron chi connectivity index (χ1n) is 4.38. The third kappa shape index (κ3) is 3.56. The van der Waals surface area contributed by atoms with E-state index in [0.29, 0.717) is 11.1 Å². The van der Waals surface area contributed by atoms with Gasteiger partial charge in [-0.1, -0.05) is 18.2 Å². The van der Waals surface area contributed by atoms with Gasteiger partial charge in [-0.15, -0.1) is 6.58 Å². The van der Waals surface area contributed by atoms with Crippen LogP contribution < -0.4 is 0 Å². The average molecular weight is 221 g/mol. The normalized spacial score (nSPS) is 10.6. The zero-order valence-corrected chi connectivity index (χ0v) is 9.00. The van der Waals surface area contributed by atoms with E-state index in [0.717, 1.165) is 0 Å². The molecular weight excluding hydrogens is 210 g/mol. The molecule has 3 nitrogen and oxygen atoms in total. The van der Waals surface area contributed by atoms with E-state index in [1.807, 2.05) is 6.07 Å². The maximum atomic E-state index is 11.4. The molecule has 0 aliphatic rings. The molecule has 0 bridgehead atoms. The van der Waals surface area contributed by atoms with Gasteiger partial charge in [-0.2, -0.15) is 5.26 Å². The quantitative estimate of drug-likeness (QED) is 0.726. The molecule has 1 rings (SSSR count). The molecular formula is C11H11NO2S. The van der Waals surface area contributed by atoms with Gasteiger partial charge in [0.05, 0.1) is 23.1 Å². The zero-order chi connectivity index (χ0) is 11.3. The number of sulfone groups is 1. The fourth-order valence-corrected chi connectivity index (χ4v) is 2.35. The van der Waals surface area contributed by atoms with Gasteiger partial charge in [0.2, 0.25) is 0 Å². The Balaban J connectivity index is 2.83. The molecule has 0 saturated heterocycles. The molecule has 0 radical (unpaired) electrons. The molecule has 0 aliphatic carbocycles. The van der Waals surface area contributed by atoms with Crippen molar-refractivity contribution >= 4 is 9.84 Å². The molecule has 0 N–H and O–H groups in total. The van der Waals surface area contributed by atoms with Crippen molar-refractivity contribution in [2.45, 2.75) is 5.75 Å². The monoisotopic (exact) mass is 221 g/mol. The molecule has 1 aromatic carbocycles. The average Bonchev–Trinajstić information content (AvgIpc) is 2.18. The van der Waals surface area contributed by atoms with Crippen molar-refractivity contribution in [3.8, 4) is 6.07 Å². The van der Waals surface area contributed by atoms with Gasteiger partial charge < -0.3 is 0 Å². The summed E-state index contributed by atoms with van der Waals surface area (Å²) in [4.78, 5) is 0. The van der Waals surface area contributed by atoms with Crippen molar-refractivity contribution in [1.82, 2.24) is 0 Å². The van der Waals surface area contributed by atoms with E-state index in [9.17, 15) is 8.42 Å². The third-order valence-electron chi connectivity index (χ3n) is 1.84. The van der Waals surface area contributed by atoms with Gasteiger partial charge in [0, 0.05) is 0 Å². The number of nitriles is 1. The van der Waals surface area contributed by atoms with Crippen LogP contribution in [0.15, 0.2) is 36.9 Å². The number of benzene rings is 1. The minimum Gasteiger partial charge on any atom is -0.228 e. The molecule has 0 atom stereocenters. The van der Waals surface area contributed by atoms with Gasteiger partial charge in [-0.3, -0.25) is 0 Å². The topological polar surface area (TPSA) is 57.9 Å². The minimum atomic E-state index is -3.11. The van der Waals surface area contributed by atoms with E-state index < -0.39 is 9.84 Å². The Labute approximate surface area is 89.6 Å². The molecule has 0 heterocycles. The smallest absolute Gasteiger partial charge is 0.157 e. The first kappa shape index (κ1) is 11.5. The Kier molecular flexibility index (Phi) is 3.64. The summed E-state index contributed by atoms with van der Waals surface area (Å²) < 4.78 is 22.8. The van der Waals surface area contributed by atoms with Crippen LogP contribution in [-0.4, -0.2) is 14.2 Å². The molecule has 0 fully saturated rings. The lowest BCUT2D eigenvalue weighted by molar-refractivity contribution is 0.598. The molecule has 0 amide bonds. The van der Waals surface area contributed by atoms with Crippen molar-refractivity contribution in [3.05, 3.63) is 48.0 Å². The van der Waals surface area contributed by atoms with Crippen LogP contribution in [-0.2, 0) is 15.6 Å². The lowest BCUT2D eigenvalue weighted by Crippen LogP contribution is -2.07. The summed E-state index contributed by atoms with van der Waals surface area (Å²) in [5.74, 6) is -0.0300. The standard InChI is InChI=1S/C11H11NO2S/c1-2-7-15(13,14)9-11-5-3-10(8-12)4-6-11/h2-6H,1,7,9H2. The predicted molar refractivity (Wildman–Crippen MR) is 58.8 cm³/mol. The maximum absolute atomic E-state index is 11.4. The lowest BCUT2D eigenvalue weighted by atomic mass is 10.2. The van der Waals surface area contributed by atoms with Gasteiger partial charge in [0.15, 0.2) is 9.84 Å². The molecule has 0 aliphatic heterocycles. The summed E-state index contributed by atoms with van der Waals surface area (Å²) in [7, 11) is -3.11. The van der Waals surface area contributed by atoms with Crippen molar-refractivity contribution in [2.24, 2.45) is 0 Å². The summed E-state index contributed by atoms with van der Waals surface area (Å²) >= 11 is 0. The van der Waals surface area contributed by atoms with Crippen molar-refractivity contribution < 1.29 is 8.42 Å². The Morgan fingerprint density at radius 2 is 1.93 bits per heavy atom. The number of hydrogen-bond acceptors (Lipinski definition) is 3. The summed E-state index contributed by atoms with van der Waals surface area (Å²) in [6, 6.07) is 8.50. The molecule has 78 valence electrons. The van der Waals surface area contributed by atoms with E-state index in [1.54, 1.807) is 24.3 Å². The fraction of sp³-hybridized carbons (Fsp3) is 0.182. The second-order valence-electron chi connectivity index (χ2n) is 3.15. The van der Waals surface area contributed by atoms with Crippen LogP contribution in [0.3, 0.4) is 0 Å². The van der Waals surface area contributed by atoms with Gasteiger partial charge in [-0.05, 0) is 17.7 Å². The Bertz CT molecular complexity index is 480. The summed E-state index contributed by atoms with van der Waals surface area (Å²) in [6.45, 7) is 3.39. The van der Waals surface area contributed by atoms with Crippen LogP contribution in [0.5, 0.6) is 0 Å². The maximum Gasteiger partial charge on any atom is 0.157 e. The molecule has 0 spiro atoms. The zero-order valence-electron chi connectivity index (χ0n) is 8.18. The van der Waals surface area contributed by atoms with Gasteiger partial charge >= 0.3 is 0 Å². The highest BCUT2D eigenvalue weighted by molar-refractivity contribution is 7.90. The molecule has 0 aromatic heterocycles. The lowest BCUT2D eigenvalue weighted by Gasteiger charge is -2.01. The van der Waals surface area contributed by atoms with Crippen LogP contribution in [0.4, 0.5) is 0 Å². The van der Waals surface area contributed by atoms with Crippen LogP contribution in [0.2, 0.25) is 0 Å². The van der Waals surface area contributed by atoms with Gasteiger partial charge in [0.1, 0.15) is 0 Å². The second kappa shape index (κ2) is 4.76. The summed E-state index contributed by atoms with van der Waals surface area (Å²) in [5, 5.41) is 8.56. The molecule has 0 unspecified atom stereocenters. The van der Waals surface area contributed by atoms with Crippen LogP contribution in [0.1, 0.15) is 11.1 Å². The van der Waals surface area contributed by atoms with Crippen LogP contribution in [0.25, 0.3) is 0 Å². The Morgan fingerprint density at radius 1 is 1.33 bits per heavy atom. The Hall–Kier alpha value is -1.60. The highest BCUT2D eigenvalue weighted by Gasteiger charge is 2.09. The highest BCUT2D eigenvalue weighted by Crippen LogP contribution is 2.08. The molecule has 0 saturated carbocycles. The number of nitrogens with zero attached hydrogens (tertiary/aromatic N) is 1. The highest BCUT2D eigenvalue weighted by atomic mass is 32.2. The SMILES string of the molecule is C=CCS(=O)(=O)Cc1ccc(C#N)cc1. The summed E-state index contributed by atoms with van der Waals surface area (Å²) in [5.41, 5.74) is 1.22. The van der Waals surface area contributed by atoms with Gasteiger partial charge in [-0.25, -0.2) is 8.42 Å². The van der Waals surface area contributed by atoms with E-state index in [-0.39, 0.29) is 11.5 Å². The van der Waals surface area contributed by atoms with Crippen molar-refractivity contribution in [2.75, 3.05) is 5.75 Å². The van der Waals surface area contributed by atoms with E-state index >= 15 is 0 Å². The molecule has 1 aromatic rings. The van der Waals surface area contributed by atoms with E-state index in [4.69, 9.17) is 5.26 Å². The summed E-state index contributed by atoms with van der Waals surface area (Å²) in [6.07, 6.45) is 1.37. The van der Waals surface area contributed by atoms with Crippen LogP contribution >= 0.6 is 0 Å². The van der Waals surface area contributed by atoms with E-state index in [1.165, 1.54) is 6.08 Å². The third-order valence-corrected chi connectivity index (χ3v) is 3.36. The molecule has 15 heavy (non-hydrogen) atoms. The largest absolute Gasteiger partial charge is 0.228 e. The number of rotatable bonds is 4. The predicted octanol–water partition coefficient (Wildman–Crippen LogP) is 1.66. The van der Waals surface area contributed by atoms with Gasteiger partial charge in [0.25, 0.3) is 0 Å². The van der Waals surface area contributed by atoms with E-state index in [2.05, 4.69) is 6.58 Å². The molecule has 4 heteroatoms. The van der Waals surface area contributed by atoms with Crippen LogP contribution in [0, 0.1) is 11.3 Å². The second-order valence-corrected chi connectivity index (χ2v) is 5.26. The minimum absolute atomic E-state index is 0.00920. The fourth-order valence-electron chi connectivity index (χ4n) is 1.17. The van der Waals surface area contributed by atoms with Crippen molar-refractivity contribution in [3.63, 3.8) is 0 Å². The first-order valence-corrected chi connectivity index (χ1v) is 6.20.